The van der Waals surface area contributed by atoms with Crippen molar-refractivity contribution in [2.45, 2.75) is 31.2 Å². The topological polar surface area (TPSA) is 183 Å². The van der Waals surface area contributed by atoms with Gasteiger partial charge in [0.25, 0.3) is 5.91 Å². The number of carbonyl (C=O) groups is 2. The lowest BCUT2D eigenvalue weighted by Crippen LogP contribution is -2.40. The van der Waals surface area contributed by atoms with Gasteiger partial charge in [0, 0.05) is 25.0 Å². The Kier molecular flexibility index (Phi) is 8.02. The molecule has 3 rings (SSSR count). The van der Waals surface area contributed by atoms with Gasteiger partial charge in [-0.2, -0.15) is 9.29 Å². The molecular formula is C21H29N7O5S. The molecule has 0 spiro atoms. The van der Waals surface area contributed by atoms with Gasteiger partial charge in [0.05, 0.1) is 18.1 Å². The van der Waals surface area contributed by atoms with E-state index in [-0.39, 0.29) is 28.1 Å². The van der Waals surface area contributed by atoms with E-state index in [0.29, 0.717) is 38.4 Å². The number of morpholine rings is 1. The number of aromatic nitrogens is 2. The minimum absolute atomic E-state index is 0.0232. The quantitative estimate of drug-likeness (QED) is 0.371. The number of carbonyl (C=O) groups excluding carboxylic acids is 2. The summed E-state index contributed by atoms with van der Waals surface area (Å²) in [6, 6.07) is 5.33. The van der Waals surface area contributed by atoms with Crippen LogP contribution in [-0.2, 0) is 19.6 Å². The van der Waals surface area contributed by atoms with Crippen LogP contribution in [0.3, 0.4) is 0 Å². The second-order valence-electron chi connectivity index (χ2n) is 8.21. The number of benzene rings is 1. The van der Waals surface area contributed by atoms with E-state index in [0.717, 1.165) is 0 Å². The van der Waals surface area contributed by atoms with Crippen molar-refractivity contribution in [2.75, 3.05) is 36.9 Å². The Labute approximate surface area is 198 Å². The van der Waals surface area contributed by atoms with Crippen LogP contribution in [0.15, 0.2) is 35.4 Å². The molecule has 12 nitrogen and oxygen atoms in total. The van der Waals surface area contributed by atoms with Crippen LogP contribution in [0.25, 0.3) is 0 Å². The van der Waals surface area contributed by atoms with Gasteiger partial charge >= 0.3 is 0 Å². The Balaban J connectivity index is 1.82. The van der Waals surface area contributed by atoms with Crippen molar-refractivity contribution in [3.63, 3.8) is 0 Å². The van der Waals surface area contributed by atoms with Crippen molar-refractivity contribution in [2.24, 2.45) is 17.4 Å². The summed E-state index contributed by atoms with van der Waals surface area (Å²) < 4.78 is 32.2. The number of hydrogen-bond donors (Lipinski definition) is 4. The van der Waals surface area contributed by atoms with Gasteiger partial charge in [-0.1, -0.05) is 13.8 Å². The van der Waals surface area contributed by atoms with Crippen LogP contribution < -0.4 is 22.1 Å². The Hall–Kier alpha value is -3.29. The molecule has 0 radical (unpaired) electrons. The highest BCUT2D eigenvalue weighted by atomic mass is 32.2. The Morgan fingerprint density at radius 2 is 1.79 bits per heavy atom. The maximum absolute atomic E-state index is 12.8. The molecule has 13 heteroatoms. The average molecular weight is 492 g/mol. The number of nitrogens with two attached hydrogens (primary N) is 2. The van der Waals surface area contributed by atoms with Crippen LogP contribution in [0.5, 0.6) is 0 Å². The zero-order chi connectivity index (χ0) is 24.9. The fourth-order valence-electron chi connectivity index (χ4n) is 3.38. The fourth-order valence-corrected chi connectivity index (χ4v) is 4.79. The van der Waals surface area contributed by atoms with E-state index >= 15 is 0 Å². The summed E-state index contributed by atoms with van der Waals surface area (Å²) >= 11 is 0. The van der Waals surface area contributed by atoms with Gasteiger partial charge in [-0.05, 0) is 36.6 Å². The first kappa shape index (κ1) is 25.3. The zero-order valence-corrected chi connectivity index (χ0v) is 19.8. The summed E-state index contributed by atoms with van der Waals surface area (Å²) in [7, 11) is -3.64. The molecule has 6 N–H and O–H groups in total. The van der Waals surface area contributed by atoms with E-state index in [9.17, 15) is 18.0 Å². The van der Waals surface area contributed by atoms with Crippen molar-refractivity contribution in [3.8, 4) is 0 Å². The number of primary amides is 2. The van der Waals surface area contributed by atoms with Gasteiger partial charge in [0.2, 0.25) is 21.9 Å². The first-order valence-corrected chi connectivity index (χ1v) is 12.2. The van der Waals surface area contributed by atoms with E-state index in [1.165, 1.54) is 22.6 Å². The van der Waals surface area contributed by atoms with Gasteiger partial charge < -0.3 is 26.8 Å². The Bertz CT molecular complexity index is 1130. The van der Waals surface area contributed by atoms with E-state index in [1.54, 1.807) is 12.1 Å². The maximum atomic E-state index is 12.8. The predicted molar refractivity (Wildman–Crippen MR) is 126 cm³/mol. The number of anilines is 3. The molecule has 0 saturated carbocycles. The molecule has 0 aliphatic carbocycles. The third-order valence-corrected chi connectivity index (χ3v) is 7.05. The van der Waals surface area contributed by atoms with Crippen molar-refractivity contribution in [3.05, 3.63) is 36.0 Å². The van der Waals surface area contributed by atoms with Gasteiger partial charge in [-0.15, -0.1) is 0 Å². The average Bonchev–Trinajstić information content (AvgIpc) is 2.79. The number of rotatable bonds is 10. The molecule has 0 bridgehead atoms. The molecule has 2 amide bonds. The lowest BCUT2D eigenvalue weighted by molar-refractivity contribution is -0.119. The monoisotopic (exact) mass is 491 g/mol. The SMILES string of the molecule is CC(C)C[C@@H](Nc1ncc(C(N)=O)c(Nc2ccc(S(=O)(=O)N3CCOCC3)cc2)n1)C(N)=O. The second-order valence-corrected chi connectivity index (χ2v) is 10.2. The first-order chi connectivity index (χ1) is 16.1. The molecule has 184 valence electrons. The van der Waals surface area contributed by atoms with Gasteiger partial charge in [-0.3, -0.25) is 9.59 Å². The first-order valence-electron chi connectivity index (χ1n) is 10.8. The number of nitrogens with zero attached hydrogens (tertiary/aromatic N) is 3. The molecule has 1 aromatic heterocycles. The van der Waals surface area contributed by atoms with Gasteiger partial charge in [-0.25, -0.2) is 13.4 Å². The number of hydrogen-bond acceptors (Lipinski definition) is 9. The van der Waals surface area contributed by atoms with Crippen LogP contribution in [0, 0.1) is 5.92 Å². The zero-order valence-electron chi connectivity index (χ0n) is 19.0. The normalized spacial score (nSPS) is 15.6. The summed E-state index contributed by atoms with van der Waals surface area (Å²) in [6.07, 6.45) is 1.71. The largest absolute Gasteiger partial charge is 0.379 e. The minimum Gasteiger partial charge on any atom is -0.379 e. The van der Waals surface area contributed by atoms with Gasteiger partial charge in [0.15, 0.2) is 0 Å². The highest BCUT2D eigenvalue weighted by Gasteiger charge is 2.26. The highest BCUT2D eigenvalue weighted by Crippen LogP contribution is 2.23. The molecule has 34 heavy (non-hydrogen) atoms. The lowest BCUT2D eigenvalue weighted by atomic mass is 10.0. The van der Waals surface area contributed by atoms with E-state index in [4.69, 9.17) is 16.2 Å². The third kappa shape index (κ3) is 6.18. The highest BCUT2D eigenvalue weighted by molar-refractivity contribution is 7.89. The molecule has 1 atom stereocenters. The van der Waals surface area contributed by atoms with Crippen molar-refractivity contribution < 1.29 is 22.7 Å². The van der Waals surface area contributed by atoms with Crippen LogP contribution >= 0.6 is 0 Å². The number of sulfonamides is 1. The van der Waals surface area contributed by atoms with Crippen LogP contribution in [0.1, 0.15) is 30.6 Å². The van der Waals surface area contributed by atoms with Crippen molar-refractivity contribution in [1.82, 2.24) is 14.3 Å². The molecular weight excluding hydrogens is 462 g/mol. The van der Waals surface area contributed by atoms with Crippen LogP contribution in [0.2, 0.25) is 0 Å². The summed E-state index contributed by atoms with van der Waals surface area (Å²) in [5, 5.41) is 5.84. The summed E-state index contributed by atoms with van der Waals surface area (Å²) in [5.41, 5.74) is 11.4. The maximum Gasteiger partial charge on any atom is 0.254 e. The Morgan fingerprint density at radius 3 is 2.35 bits per heavy atom. The van der Waals surface area contributed by atoms with Crippen molar-refractivity contribution >= 4 is 39.3 Å². The van der Waals surface area contributed by atoms with Crippen molar-refractivity contribution in [1.29, 1.82) is 0 Å². The third-order valence-electron chi connectivity index (χ3n) is 5.13. The lowest BCUT2D eigenvalue weighted by Gasteiger charge is -2.26. The molecule has 2 heterocycles. The fraction of sp³-hybridized carbons (Fsp3) is 0.429. The summed E-state index contributed by atoms with van der Waals surface area (Å²) in [5.74, 6) is -0.929. The number of ether oxygens (including phenoxy) is 1. The summed E-state index contributed by atoms with van der Waals surface area (Å²) in [4.78, 5) is 32.1. The predicted octanol–water partition coefficient (Wildman–Crippen LogP) is 0.652. The number of amides is 2. The smallest absolute Gasteiger partial charge is 0.254 e. The molecule has 1 aromatic carbocycles. The molecule has 2 aromatic rings. The van der Waals surface area contributed by atoms with Crippen LogP contribution in [0.4, 0.5) is 17.5 Å². The molecule has 0 unspecified atom stereocenters. The minimum atomic E-state index is -3.64. The van der Waals surface area contributed by atoms with Crippen LogP contribution in [-0.4, -0.2) is 66.9 Å². The molecule has 1 fully saturated rings. The van der Waals surface area contributed by atoms with E-state index < -0.39 is 27.9 Å². The molecule has 1 saturated heterocycles. The second kappa shape index (κ2) is 10.8. The van der Waals surface area contributed by atoms with Gasteiger partial charge in [0.1, 0.15) is 17.4 Å². The molecule has 1 aliphatic heterocycles. The number of nitrogens with one attached hydrogen (secondary N) is 2. The van der Waals surface area contributed by atoms with E-state index in [2.05, 4.69) is 20.6 Å². The van der Waals surface area contributed by atoms with E-state index in [1.807, 2.05) is 13.8 Å². The standard InChI is InChI=1S/C21H29N7O5S/c1-13(2)11-17(19(23)30)26-21-24-12-16(18(22)29)20(27-21)25-14-3-5-15(6-4-14)34(31,32)28-7-9-33-10-8-28/h3-6,12-13,17H,7-11H2,1-2H3,(H2,22,29)(H2,23,30)(H2,24,25,26,27)/t17-/m1/s1. The molecule has 1 aliphatic rings. The summed E-state index contributed by atoms with van der Waals surface area (Å²) in [6.45, 7) is 5.20. The Morgan fingerprint density at radius 1 is 1.15 bits per heavy atom.